The van der Waals surface area contributed by atoms with Gasteiger partial charge in [-0.15, -0.1) is 0 Å². The van der Waals surface area contributed by atoms with E-state index in [1.165, 1.54) is 28.6 Å². The smallest absolute Gasteiger partial charge is 0.263 e. The van der Waals surface area contributed by atoms with Gasteiger partial charge >= 0.3 is 0 Å². The lowest BCUT2D eigenvalue weighted by Crippen LogP contribution is -2.35. The lowest BCUT2D eigenvalue weighted by atomic mass is 10.1. The van der Waals surface area contributed by atoms with E-state index in [4.69, 9.17) is 0 Å². The maximum absolute atomic E-state index is 13.0. The highest BCUT2D eigenvalue weighted by Crippen LogP contribution is 2.36. The van der Waals surface area contributed by atoms with Crippen LogP contribution in [0.25, 0.3) is 0 Å². The van der Waals surface area contributed by atoms with Gasteiger partial charge in [-0.2, -0.15) is 0 Å². The predicted molar refractivity (Wildman–Crippen MR) is 75.7 cm³/mol. The number of nitrogens with zero attached hydrogens (tertiary/aromatic N) is 1. The molecule has 5 heteroatoms. The minimum absolute atomic E-state index is 0.113. The van der Waals surface area contributed by atoms with Crippen LogP contribution in [0, 0.1) is 5.82 Å². The van der Waals surface area contributed by atoms with Gasteiger partial charge in [-0.25, -0.2) is 12.8 Å². The van der Waals surface area contributed by atoms with Crippen LogP contribution in [0.4, 0.5) is 10.1 Å². The fourth-order valence-corrected chi connectivity index (χ4v) is 4.32. The second-order valence-electron chi connectivity index (χ2n) is 4.94. The summed E-state index contributed by atoms with van der Waals surface area (Å²) in [6.45, 7) is 1.88. The Morgan fingerprint density at radius 1 is 1.10 bits per heavy atom. The van der Waals surface area contributed by atoms with Crippen LogP contribution in [0.15, 0.2) is 53.4 Å². The maximum atomic E-state index is 13.0. The van der Waals surface area contributed by atoms with E-state index in [9.17, 15) is 12.8 Å². The number of anilines is 1. The SMILES string of the molecule is CC1Cc2ccccc2N1S(=O)(=O)c1ccc(F)cc1. The molecule has 1 unspecified atom stereocenters. The normalized spacial score (nSPS) is 18.1. The van der Waals surface area contributed by atoms with Gasteiger partial charge in [-0.3, -0.25) is 4.31 Å². The average Bonchev–Trinajstić information content (AvgIpc) is 2.75. The lowest BCUT2D eigenvalue weighted by Gasteiger charge is -2.24. The zero-order valence-electron chi connectivity index (χ0n) is 11.0. The first kappa shape index (κ1) is 13.1. The van der Waals surface area contributed by atoms with Crippen molar-refractivity contribution in [1.29, 1.82) is 0 Å². The van der Waals surface area contributed by atoms with Gasteiger partial charge in [0.25, 0.3) is 10.0 Å². The van der Waals surface area contributed by atoms with Gasteiger partial charge in [0.15, 0.2) is 0 Å². The molecule has 0 spiro atoms. The monoisotopic (exact) mass is 291 g/mol. The summed E-state index contributed by atoms with van der Waals surface area (Å²) in [7, 11) is -3.65. The van der Waals surface area contributed by atoms with Crippen LogP contribution in [0.2, 0.25) is 0 Å². The molecule has 0 bridgehead atoms. The second-order valence-corrected chi connectivity index (χ2v) is 6.75. The molecular weight excluding hydrogens is 277 g/mol. The van der Waals surface area contributed by atoms with Gasteiger partial charge in [0.1, 0.15) is 5.82 Å². The largest absolute Gasteiger partial charge is 0.264 e. The summed E-state index contributed by atoms with van der Waals surface area (Å²) in [6.07, 6.45) is 0.691. The van der Waals surface area contributed by atoms with Crippen molar-refractivity contribution in [3.8, 4) is 0 Å². The van der Waals surface area contributed by atoms with E-state index in [0.717, 1.165) is 5.56 Å². The summed E-state index contributed by atoms with van der Waals surface area (Å²) in [4.78, 5) is 0.113. The van der Waals surface area contributed by atoms with Crippen molar-refractivity contribution in [3.05, 3.63) is 59.9 Å². The Kier molecular flexibility index (Phi) is 3.01. The van der Waals surface area contributed by atoms with Crippen molar-refractivity contribution in [2.24, 2.45) is 0 Å². The molecule has 1 atom stereocenters. The second kappa shape index (κ2) is 4.59. The molecule has 3 rings (SSSR count). The molecule has 2 aromatic rings. The molecule has 0 saturated carbocycles. The van der Waals surface area contributed by atoms with Gasteiger partial charge in [-0.05, 0) is 49.2 Å². The van der Waals surface area contributed by atoms with Crippen molar-refractivity contribution in [2.45, 2.75) is 24.3 Å². The molecule has 3 nitrogen and oxygen atoms in total. The molecule has 20 heavy (non-hydrogen) atoms. The fourth-order valence-electron chi connectivity index (χ4n) is 2.62. The highest BCUT2D eigenvalue weighted by atomic mass is 32.2. The van der Waals surface area contributed by atoms with Crippen molar-refractivity contribution >= 4 is 15.7 Å². The molecule has 0 radical (unpaired) electrons. The highest BCUT2D eigenvalue weighted by Gasteiger charge is 2.35. The third kappa shape index (κ3) is 1.98. The number of rotatable bonds is 2. The van der Waals surface area contributed by atoms with Crippen molar-refractivity contribution in [3.63, 3.8) is 0 Å². The molecule has 0 aromatic heterocycles. The first-order chi connectivity index (χ1) is 9.50. The molecule has 0 saturated heterocycles. The Balaban J connectivity index is 2.10. The van der Waals surface area contributed by atoms with Gasteiger partial charge in [-0.1, -0.05) is 18.2 Å². The number of benzene rings is 2. The van der Waals surface area contributed by atoms with E-state index in [0.29, 0.717) is 12.1 Å². The van der Waals surface area contributed by atoms with Crippen LogP contribution in [0.1, 0.15) is 12.5 Å². The van der Waals surface area contributed by atoms with Crippen LogP contribution < -0.4 is 4.31 Å². The molecule has 0 fully saturated rings. The highest BCUT2D eigenvalue weighted by molar-refractivity contribution is 7.92. The minimum Gasteiger partial charge on any atom is -0.263 e. The molecule has 2 aromatic carbocycles. The molecule has 1 aliphatic rings. The van der Waals surface area contributed by atoms with E-state index in [1.54, 1.807) is 6.07 Å². The molecular formula is C15H14FNO2S. The number of halogens is 1. The average molecular weight is 291 g/mol. The van der Waals surface area contributed by atoms with Crippen LogP contribution in [-0.2, 0) is 16.4 Å². The van der Waals surface area contributed by atoms with Crippen LogP contribution >= 0.6 is 0 Å². The zero-order chi connectivity index (χ0) is 14.3. The standard InChI is InChI=1S/C15H14FNO2S/c1-11-10-12-4-2-3-5-15(12)17(11)20(18,19)14-8-6-13(16)7-9-14/h2-9,11H,10H2,1H3. The molecule has 1 heterocycles. The van der Waals surface area contributed by atoms with Crippen molar-refractivity contribution < 1.29 is 12.8 Å². The summed E-state index contributed by atoms with van der Waals surface area (Å²) in [5.74, 6) is -0.446. The Hall–Kier alpha value is -1.88. The summed E-state index contributed by atoms with van der Waals surface area (Å²) in [5.41, 5.74) is 1.73. The first-order valence-electron chi connectivity index (χ1n) is 6.38. The van der Waals surface area contributed by atoms with Crippen LogP contribution in [0.3, 0.4) is 0 Å². The summed E-state index contributed by atoms with van der Waals surface area (Å²) >= 11 is 0. The summed E-state index contributed by atoms with van der Waals surface area (Å²) in [5, 5.41) is 0. The van der Waals surface area contributed by atoms with E-state index < -0.39 is 15.8 Å². The van der Waals surface area contributed by atoms with Crippen LogP contribution in [0.5, 0.6) is 0 Å². The Bertz CT molecular complexity index is 741. The van der Waals surface area contributed by atoms with Gasteiger partial charge in [0.05, 0.1) is 10.6 Å². The molecule has 0 N–H and O–H groups in total. The first-order valence-corrected chi connectivity index (χ1v) is 7.82. The predicted octanol–water partition coefficient (Wildman–Crippen LogP) is 2.97. The Morgan fingerprint density at radius 2 is 1.75 bits per heavy atom. The summed E-state index contributed by atoms with van der Waals surface area (Å²) < 4.78 is 39.8. The number of fused-ring (bicyclic) bond motifs is 1. The number of hydrogen-bond donors (Lipinski definition) is 0. The zero-order valence-corrected chi connectivity index (χ0v) is 11.8. The van der Waals surface area contributed by atoms with E-state index in [2.05, 4.69) is 0 Å². The number of hydrogen-bond acceptors (Lipinski definition) is 2. The Labute approximate surface area is 117 Å². The molecule has 1 aliphatic heterocycles. The third-order valence-corrected chi connectivity index (χ3v) is 5.46. The molecule has 0 amide bonds. The van der Waals surface area contributed by atoms with Crippen molar-refractivity contribution in [2.75, 3.05) is 4.31 Å². The Morgan fingerprint density at radius 3 is 2.45 bits per heavy atom. The molecule has 104 valence electrons. The van der Waals surface area contributed by atoms with Gasteiger partial charge in [0.2, 0.25) is 0 Å². The van der Waals surface area contributed by atoms with E-state index >= 15 is 0 Å². The minimum atomic E-state index is -3.65. The van der Waals surface area contributed by atoms with Crippen LogP contribution in [-0.4, -0.2) is 14.5 Å². The van der Waals surface area contributed by atoms with E-state index in [-0.39, 0.29) is 10.9 Å². The number of para-hydroxylation sites is 1. The molecule has 0 aliphatic carbocycles. The van der Waals surface area contributed by atoms with E-state index in [1.807, 2.05) is 25.1 Å². The summed E-state index contributed by atoms with van der Waals surface area (Å²) in [6, 6.07) is 12.3. The van der Waals surface area contributed by atoms with Crippen molar-refractivity contribution in [1.82, 2.24) is 0 Å². The van der Waals surface area contributed by atoms with Gasteiger partial charge in [0, 0.05) is 6.04 Å². The third-order valence-electron chi connectivity index (χ3n) is 3.52. The maximum Gasteiger partial charge on any atom is 0.264 e. The fraction of sp³-hybridized carbons (Fsp3) is 0.200. The lowest BCUT2D eigenvalue weighted by molar-refractivity contribution is 0.583. The number of sulfonamides is 1. The van der Waals surface area contributed by atoms with Gasteiger partial charge < -0.3 is 0 Å². The quantitative estimate of drug-likeness (QED) is 0.853. The topological polar surface area (TPSA) is 37.4 Å².